The van der Waals surface area contributed by atoms with Gasteiger partial charge in [0.2, 0.25) is 0 Å². The van der Waals surface area contributed by atoms with E-state index in [-0.39, 0.29) is 12.6 Å². The van der Waals surface area contributed by atoms with Crippen molar-refractivity contribution < 1.29 is 9.53 Å². The van der Waals surface area contributed by atoms with Gasteiger partial charge in [0.05, 0.1) is 22.9 Å². The Labute approximate surface area is 166 Å². The van der Waals surface area contributed by atoms with Crippen molar-refractivity contribution >= 4 is 21.8 Å². The van der Waals surface area contributed by atoms with Crippen LogP contribution in [0.5, 0.6) is 5.75 Å². The monoisotopic (exact) mass is 431 g/mol. The van der Waals surface area contributed by atoms with Gasteiger partial charge in [-0.15, -0.1) is 0 Å². The molecule has 2 heterocycles. The smallest absolute Gasteiger partial charge is 0.274 e. The number of hydrogen-bond acceptors (Lipinski definition) is 4. The summed E-state index contributed by atoms with van der Waals surface area (Å²) in [5.41, 5.74) is 3.49. The standard InChI is InChI=1S/C19H22BrN5O2/c1-13-5-6-14(2)18(9-13)27-12-25-8-7-16(22-25)19(26)23(3)11-17-15(20)10-21-24(17)4/h5-10H,11-12H2,1-4H3. The second-order valence-electron chi connectivity index (χ2n) is 6.51. The highest BCUT2D eigenvalue weighted by Crippen LogP contribution is 2.20. The van der Waals surface area contributed by atoms with Gasteiger partial charge in [-0.1, -0.05) is 12.1 Å². The van der Waals surface area contributed by atoms with Crippen molar-refractivity contribution in [2.75, 3.05) is 7.05 Å². The van der Waals surface area contributed by atoms with Gasteiger partial charge in [-0.2, -0.15) is 10.2 Å². The van der Waals surface area contributed by atoms with Crippen LogP contribution in [0, 0.1) is 13.8 Å². The van der Waals surface area contributed by atoms with Gasteiger partial charge < -0.3 is 9.64 Å². The molecule has 142 valence electrons. The summed E-state index contributed by atoms with van der Waals surface area (Å²) in [6.07, 6.45) is 3.46. The molecule has 0 fully saturated rings. The first-order valence-electron chi connectivity index (χ1n) is 8.50. The molecular formula is C19H22BrN5O2. The van der Waals surface area contributed by atoms with E-state index >= 15 is 0 Å². The highest BCUT2D eigenvalue weighted by atomic mass is 79.9. The Morgan fingerprint density at radius 2 is 2.07 bits per heavy atom. The minimum atomic E-state index is -0.159. The van der Waals surface area contributed by atoms with E-state index in [2.05, 4.69) is 26.1 Å². The molecule has 3 aromatic rings. The maximum atomic E-state index is 12.6. The predicted molar refractivity (Wildman–Crippen MR) is 105 cm³/mol. The lowest BCUT2D eigenvalue weighted by Gasteiger charge is -2.16. The van der Waals surface area contributed by atoms with E-state index < -0.39 is 0 Å². The van der Waals surface area contributed by atoms with Gasteiger partial charge in [0.15, 0.2) is 12.4 Å². The molecule has 0 aliphatic heterocycles. The molecule has 8 heteroatoms. The number of ether oxygens (including phenoxy) is 1. The van der Waals surface area contributed by atoms with E-state index in [9.17, 15) is 4.79 Å². The van der Waals surface area contributed by atoms with Gasteiger partial charge in [-0.25, -0.2) is 4.68 Å². The molecule has 0 atom stereocenters. The van der Waals surface area contributed by atoms with Crippen LogP contribution in [-0.2, 0) is 20.3 Å². The first-order chi connectivity index (χ1) is 12.8. The average molecular weight is 432 g/mol. The second-order valence-corrected chi connectivity index (χ2v) is 7.36. The maximum Gasteiger partial charge on any atom is 0.274 e. The first kappa shape index (κ1) is 19.2. The number of amides is 1. The summed E-state index contributed by atoms with van der Waals surface area (Å²) in [4.78, 5) is 14.3. The van der Waals surface area contributed by atoms with Crippen molar-refractivity contribution in [2.24, 2.45) is 7.05 Å². The molecule has 0 bridgehead atoms. The molecule has 7 nitrogen and oxygen atoms in total. The first-order valence-corrected chi connectivity index (χ1v) is 9.30. The van der Waals surface area contributed by atoms with Crippen molar-refractivity contribution in [3.8, 4) is 5.75 Å². The number of carbonyl (C=O) groups excluding carboxylic acids is 1. The summed E-state index contributed by atoms with van der Waals surface area (Å²) in [7, 11) is 3.59. The molecule has 0 saturated carbocycles. The van der Waals surface area contributed by atoms with Crippen LogP contribution >= 0.6 is 15.9 Å². The Bertz CT molecular complexity index is 943. The number of benzene rings is 1. The van der Waals surface area contributed by atoms with E-state index in [0.29, 0.717) is 12.2 Å². The lowest BCUT2D eigenvalue weighted by atomic mass is 10.1. The molecule has 0 N–H and O–H groups in total. The Balaban J connectivity index is 1.64. The van der Waals surface area contributed by atoms with E-state index in [1.54, 1.807) is 39.8 Å². The van der Waals surface area contributed by atoms with Gasteiger partial charge in [0.1, 0.15) is 5.75 Å². The molecule has 0 spiro atoms. The van der Waals surface area contributed by atoms with Gasteiger partial charge in [-0.05, 0) is 53.0 Å². The Morgan fingerprint density at radius 3 is 2.78 bits per heavy atom. The fourth-order valence-electron chi connectivity index (χ4n) is 2.65. The van der Waals surface area contributed by atoms with Crippen molar-refractivity contribution in [3.63, 3.8) is 0 Å². The van der Waals surface area contributed by atoms with Crippen molar-refractivity contribution in [2.45, 2.75) is 27.1 Å². The predicted octanol–water partition coefficient (Wildman–Crippen LogP) is 3.30. The highest BCUT2D eigenvalue weighted by Gasteiger charge is 2.18. The van der Waals surface area contributed by atoms with Crippen LogP contribution in [0.25, 0.3) is 0 Å². The lowest BCUT2D eigenvalue weighted by molar-refractivity contribution is 0.0773. The number of rotatable bonds is 6. The summed E-state index contributed by atoms with van der Waals surface area (Å²) < 4.78 is 10.1. The third kappa shape index (κ3) is 4.39. The highest BCUT2D eigenvalue weighted by molar-refractivity contribution is 9.10. The van der Waals surface area contributed by atoms with E-state index in [0.717, 1.165) is 27.0 Å². The summed E-state index contributed by atoms with van der Waals surface area (Å²) >= 11 is 3.45. The lowest BCUT2D eigenvalue weighted by Crippen LogP contribution is -2.28. The quantitative estimate of drug-likeness (QED) is 0.600. The number of hydrogen-bond donors (Lipinski definition) is 0. The summed E-state index contributed by atoms with van der Waals surface area (Å²) in [5.74, 6) is 0.658. The van der Waals surface area contributed by atoms with Gasteiger partial charge in [0.25, 0.3) is 5.91 Å². The molecule has 3 rings (SSSR count). The molecule has 1 amide bonds. The number of carbonyl (C=O) groups is 1. The normalized spacial score (nSPS) is 10.9. The zero-order valence-electron chi connectivity index (χ0n) is 15.8. The molecule has 0 aliphatic rings. The minimum Gasteiger partial charge on any atom is -0.471 e. The third-order valence-electron chi connectivity index (χ3n) is 4.30. The number of aryl methyl sites for hydroxylation is 3. The maximum absolute atomic E-state index is 12.6. The summed E-state index contributed by atoms with van der Waals surface area (Å²) in [6, 6.07) is 7.76. The van der Waals surface area contributed by atoms with Gasteiger partial charge >= 0.3 is 0 Å². The van der Waals surface area contributed by atoms with Crippen LogP contribution in [0.15, 0.2) is 41.1 Å². The number of aromatic nitrogens is 4. The molecule has 27 heavy (non-hydrogen) atoms. The molecule has 0 unspecified atom stereocenters. The Hall–Kier alpha value is -2.61. The number of nitrogens with zero attached hydrogens (tertiary/aromatic N) is 5. The average Bonchev–Trinajstić information content (AvgIpc) is 3.24. The number of halogens is 1. The zero-order valence-corrected chi connectivity index (χ0v) is 17.4. The summed E-state index contributed by atoms with van der Waals surface area (Å²) in [5, 5.41) is 8.51. The Morgan fingerprint density at radius 1 is 1.30 bits per heavy atom. The van der Waals surface area contributed by atoms with Crippen molar-refractivity contribution in [1.82, 2.24) is 24.5 Å². The van der Waals surface area contributed by atoms with Gasteiger partial charge in [-0.3, -0.25) is 9.48 Å². The minimum absolute atomic E-state index is 0.159. The molecule has 1 aromatic carbocycles. The largest absolute Gasteiger partial charge is 0.471 e. The van der Waals surface area contributed by atoms with Gasteiger partial charge in [0, 0.05) is 20.3 Å². The van der Waals surface area contributed by atoms with Crippen molar-refractivity contribution in [1.29, 1.82) is 0 Å². The van der Waals surface area contributed by atoms with Crippen LogP contribution in [0.3, 0.4) is 0 Å². The Kier molecular flexibility index (Phi) is 5.65. The fraction of sp³-hybridized carbons (Fsp3) is 0.316. The third-order valence-corrected chi connectivity index (χ3v) is 4.96. The fourth-order valence-corrected chi connectivity index (χ4v) is 3.13. The van der Waals surface area contributed by atoms with Crippen LogP contribution in [0.2, 0.25) is 0 Å². The topological polar surface area (TPSA) is 65.2 Å². The molecule has 0 radical (unpaired) electrons. The van der Waals surface area contributed by atoms with E-state index in [4.69, 9.17) is 4.74 Å². The van der Waals surface area contributed by atoms with Crippen LogP contribution in [0.4, 0.5) is 0 Å². The summed E-state index contributed by atoms with van der Waals surface area (Å²) in [6.45, 7) is 4.70. The molecule has 0 saturated heterocycles. The molecular weight excluding hydrogens is 410 g/mol. The van der Waals surface area contributed by atoms with Crippen LogP contribution < -0.4 is 4.74 Å². The SMILES string of the molecule is Cc1ccc(C)c(OCn2ccc(C(=O)N(C)Cc3c(Br)cnn3C)n2)c1. The van der Waals surface area contributed by atoms with E-state index in [1.165, 1.54) is 0 Å². The van der Waals surface area contributed by atoms with Crippen molar-refractivity contribution in [3.05, 3.63) is 63.6 Å². The second kappa shape index (κ2) is 7.96. The zero-order chi connectivity index (χ0) is 19.6. The molecule has 2 aromatic heterocycles. The van der Waals surface area contributed by atoms with Crippen LogP contribution in [0.1, 0.15) is 27.3 Å². The van der Waals surface area contributed by atoms with E-state index in [1.807, 2.05) is 39.1 Å². The molecule has 0 aliphatic carbocycles. The van der Waals surface area contributed by atoms with Crippen LogP contribution in [-0.4, -0.2) is 37.4 Å².